The van der Waals surface area contributed by atoms with Gasteiger partial charge in [-0.1, -0.05) is 13.0 Å². The van der Waals surface area contributed by atoms with E-state index in [9.17, 15) is 9.90 Å². The Morgan fingerprint density at radius 1 is 1.24 bits per heavy atom. The molecule has 0 radical (unpaired) electrons. The fourth-order valence-electron chi connectivity index (χ4n) is 3.75. The van der Waals surface area contributed by atoms with E-state index in [4.69, 9.17) is 5.11 Å². The summed E-state index contributed by atoms with van der Waals surface area (Å²) >= 11 is 0. The number of aliphatic hydroxyl groups is 1. The topological polar surface area (TPSA) is 57.5 Å². The van der Waals surface area contributed by atoms with Gasteiger partial charge in [-0.05, 0) is 56.3 Å². The highest BCUT2D eigenvalue weighted by atomic mass is 16.4. The van der Waals surface area contributed by atoms with Crippen molar-refractivity contribution in [2.45, 2.75) is 45.6 Å². The molecule has 3 heteroatoms. The summed E-state index contributed by atoms with van der Waals surface area (Å²) in [7, 11) is 0. The lowest BCUT2D eigenvalue weighted by molar-refractivity contribution is -0.132. The molecule has 0 aromatic heterocycles. The van der Waals surface area contributed by atoms with Gasteiger partial charge in [-0.15, -0.1) is 0 Å². The molecule has 0 amide bonds. The number of carboxylic acid groups (broad SMARTS) is 1. The van der Waals surface area contributed by atoms with E-state index in [1.165, 1.54) is 0 Å². The monoisotopic (exact) mass is 238 g/mol. The highest BCUT2D eigenvalue weighted by Gasteiger charge is 2.44. The lowest BCUT2D eigenvalue weighted by Gasteiger charge is -2.38. The molecule has 2 N–H and O–H groups in total. The maximum atomic E-state index is 10.9. The molecule has 5 atom stereocenters. The second-order valence-corrected chi connectivity index (χ2v) is 5.76. The molecule has 96 valence electrons. The molecule has 0 spiro atoms. The number of rotatable bonds is 2. The molecule has 0 saturated heterocycles. The third-order valence-electron chi connectivity index (χ3n) is 4.72. The molecule has 3 nitrogen and oxygen atoms in total. The summed E-state index contributed by atoms with van der Waals surface area (Å²) in [6.07, 6.45) is 5.80. The van der Waals surface area contributed by atoms with Crippen LogP contribution in [0.2, 0.25) is 0 Å². The van der Waals surface area contributed by atoms with Gasteiger partial charge >= 0.3 is 5.97 Å². The number of hydrogen-bond acceptors (Lipinski definition) is 2. The van der Waals surface area contributed by atoms with Crippen molar-refractivity contribution >= 4 is 5.97 Å². The minimum atomic E-state index is -0.840. The minimum Gasteiger partial charge on any atom is -0.478 e. The molecule has 0 aromatic rings. The summed E-state index contributed by atoms with van der Waals surface area (Å²) in [6.45, 7) is 3.91. The standard InChI is InChI=1S/C14H22O3/c1-8-3-4-10(7-9(2)14(16)17)13-11(8)5-6-12(13)15/h7-8,10-13,15H,3-6H2,1-2H3,(H,16,17)/b9-7+/t8-,10+,11-,12?,13-/m1/s1. The van der Waals surface area contributed by atoms with E-state index in [2.05, 4.69) is 6.92 Å². The Balaban J connectivity index is 2.18. The van der Waals surface area contributed by atoms with Gasteiger partial charge in [0.1, 0.15) is 0 Å². The molecule has 2 saturated carbocycles. The van der Waals surface area contributed by atoms with Gasteiger partial charge < -0.3 is 10.2 Å². The molecule has 2 fully saturated rings. The van der Waals surface area contributed by atoms with Gasteiger partial charge in [0.05, 0.1) is 6.10 Å². The largest absolute Gasteiger partial charge is 0.478 e. The highest BCUT2D eigenvalue weighted by molar-refractivity contribution is 5.85. The van der Waals surface area contributed by atoms with Gasteiger partial charge in [0, 0.05) is 5.57 Å². The maximum absolute atomic E-state index is 10.9. The van der Waals surface area contributed by atoms with Gasteiger partial charge in [0.25, 0.3) is 0 Å². The smallest absolute Gasteiger partial charge is 0.330 e. The summed E-state index contributed by atoms with van der Waals surface area (Å²) in [6, 6.07) is 0. The number of carbonyl (C=O) groups is 1. The van der Waals surface area contributed by atoms with Crippen molar-refractivity contribution in [3.8, 4) is 0 Å². The number of fused-ring (bicyclic) bond motifs is 1. The van der Waals surface area contributed by atoms with Crippen LogP contribution >= 0.6 is 0 Å². The van der Waals surface area contributed by atoms with Crippen molar-refractivity contribution in [1.82, 2.24) is 0 Å². The molecule has 2 rings (SSSR count). The Morgan fingerprint density at radius 2 is 1.94 bits per heavy atom. The summed E-state index contributed by atoms with van der Waals surface area (Å²) in [5, 5.41) is 19.0. The first-order valence-electron chi connectivity index (χ1n) is 6.60. The van der Waals surface area contributed by atoms with E-state index in [0.717, 1.165) is 25.7 Å². The fraction of sp³-hybridized carbons (Fsp3) is 0.786. The van der Waals surface area contributed by atoms with Gasteiger partial charge in [0.15, 0.2) is 0 Å². The molecule has 0 heterocycles. The quantitative estimate of drug-likeness (QED) is 0.726. The molecule has 2 aliphatic rings. The minimum absolute atomic E-state index is 0.231. The Labute approximate surface area is 103 Å². The second kappa shape index (κ2) is 4.81. The molecule has 0 aromatic carbocycles. The van der Waals surface area contributed by atoms with Crippen LogP contribution in [-0.4, -0.2) is 22.3 Å². The number of hydrogen-bond donors (Lipinski definition) is 2. The first-order chi connectivity index (χ1) is 8.00. The fourth-order valence-corrected chi connectivity index (χ4v) is 3.75. The first-order valence-corrected chi connectivity index (χ1v) is 6.60. The number of aliphatic hydroxyl groups excluding tert-OH is 1. The van der Waals surface area contributed by atoms with Crippen molar-refractivity contribution in [2.24, 2.45) is 23.7 Å². The predicted octanol–water partition coefficient (Wildman–Crippen LogP) is 2.45. The van der Waals surface area contributed by atoms with E-state index < -0.39 is 5.97 Å². The number of carboxylic acids is 1. The van der Waals surface area contributed by atoms with Gasteiger partial charge in [-0.25, -0.2) is 4.79 Å². The zero-order chi connectivity index (χ0) is 12.6. The van der Waals surface area contributed by atoms with Crippen LogP contribution in [0.5, 0.6) is 0 Å². The molecule has 2 aliphatic carbocycles. The van der Waals surface area contributed by atoms with Crippen LogP contribution in [0.4, 0.5) is 0 Å². The van der Waals surface area contributed by atoms with Crippen molar-refractivity contribution in [3.05, 3.63) is 11.6 Å². The van der Waals surface area contributed by atoms with Crippen molar-refractivity contribution in [3.63, 3.8) is 0 Å². The van der Waals surface area contributed by atoms with Gasteiger partial charge in [-0.2, -0.15) is 0 Å². The summed E-state index contributed by atoms with van der Waals surface area (Å²) < 4.78 is 0. The average Bonchev–Trinajstić information content (AvgIpc) is 2.66. The lowest BCUT2D eigenvalue weighted by Crippen LogP contribution is -2.34. The lowest BCUT2D eigenvalue weighted by atomic mass is 9.68. The normalized spacial score (nSPS) is 42.3. The Kier molecular flexibility index (Phi) is 3.57. The third-order valence-corrected chi connectivity index (χ3v) is 4.72. The predicted molar refractivity (Wildman–Crippen MR) is 65.5 cm³/mol. The zero-order valence-corrected chi connectivity index (χ0v) is 10.6. The summed E-state index contributed by atoms with van der Waals surface area (Å²) in [4.78, 5) is 10.9. The Morgan fingerprint density at radius 3 is 2.59 bits per heavy atom. The molecule has 0 bridgehead atoms. The van der Waals surface area contributed by atoms with Crippen LogP contribution < -0.4 is 0 Å². The van der Waals surface area contributed by atoms with Crippen molar-refractivity contribution in [2.75, 3.05) is 0 Å². The van der Waals surface area contributed by atoms with Crippen molar-refractivity contribution in [1.29, 1.82) is 0 Å². The Bertz CT molecular complexity index is 334. The second-order valence-electron chi connectivity index (χ2n) is 5.76. The van der Waals surface area contributed by atoms with E-state index in [1.54, 1.807) is 6.92 Å². The first kappa shape index (κ1) is 12.6. The van der Waals surface area contributed by atoms with E-state index in [-0.39, 0.29) is 17.9 Å². The highest BCUT2D eigenvalue weighted by Crippen LogP contribution is 2.48. The maximum Gasteiger partial charge on any atom is 0.330 e. The van der Waals surface area contributed by atoms with E-state index in [1.807, 2.05) is 6.08 Å². The summed E-state index contributed by atoms with van der Waals surface area (Å²) in [5.74, 6) is 0.957. The molecule has 0 aliphatic heterocycles. The third kappa shape index (κ3) is 2.39. The van der Waals surface area contributed by atoms with Crippen LogP contribution in [-0.2, 0) is 4.79 Å². The molecular formula is C14H22O3. The van der Waals surface area contributed by atoms with E-state index in [0.29, 0.717) is 17.4 Å². The Hall–Kier alpha value is -0.830. The van der Waals surface area contributed by atoms with Crippen LogP contribution in [0.3, 0.4) is 0 Å². The van der Waals surface area contributed by atoms with Crippen LogP contribution in [0, 0.1) is 23.7 Å². The van der Waals surface area contributed by atoms with E-state index >= 15 is 0 Å². The van der Waals surface area contributed by atoms with Crippen LogP contribution in [0.1, 0.15) is 39.5 Å². The van der Waals surface area contributed by atoms with Crippen LogP contribution in [0.15, 0.2) is 11.6 Å². The number of allylic oxidation sites excluding steroid dienone is 1. The van der Waals surface area contributed by atoms with Gasteiger partial charge in [0.2, 0.25) is 0 Å². The average molecular weight is 238 g/mol. The van der Waals surface area contributed by atoms with Crippen molar-refractivity contribution < 1.29 is 15.0 Å². The SMILES string of the molecule is C/C(=C\[C@@H]1CC[C@@H](C)[C@H]2CCC(O)[C@@H]21)C(=O)O. The number of aliphatic carboxylic acids is 1. The zero-order valence-electron chi connectivity index (χ0n) is 10.6. The summed E-state index contributed by atoms with van der Waals surface area (Å²) in [5.41, 5.74) is 0.419. The molecule has 17 heavy (non-hydrogen) atoms. The van der Waals surface area contributed by atoms with Gasteiger partial charge in [-0.3, -0.25) is 0 Å². The molecular weight excluding hydrogens is 216 g/mol. The molecule has 1 unspecified atom stereocenters. The van der Waals surface area contributed by atoms with Crippen LogP contribution in [0.25, 0.3) is 0 Å².